The number of anilines is 1. The van der Waals surface area contributed by atoms with Gasteiger partial charge in [-0.3, -0.25) is 4.79 Å². The van der Waals surface area contributed by atoms with Crippen molar-refractivity contribution < 1.29 is 14.3 Å². The minimum Gasteiger partial charge on any atom is -0.493 e. The van der Waals surface area contributed by atoms with Crippen LogP contribution in [0.5, 0.6) is 11.5 Å². The number of likely N-dealkylation sites (N-methyl/N-ethyl adjacent to an activating group) is 1. The van der Waals surface area contributed by atoms with Gasteiger partial charge in [-0.2, -0.15) is 0 Å². The van der Waals surface area contributed by atoms with E-state index in [4.69, 9.17) is 9.47 Å². The number of nitrogens with zero attached hydrogens (tertiary/aromatic N) is 1. The van der Waals surface area contributed by atoms with Gasteiger partial charge in [0.05, 0.1) is 18.9 Å². The zero-order valence-electron chi connectivity index (χ0n) is 14.4. The van der Waals surface area contributed by atoms with Gasteiger partial charge in [0.1, 0.15) is 0 Å². The van der Waals surface area contributed by atoms with Crippen molar-refractivity contribution in [3.63, 3.8) is 0 Å². The fourth-order valence-electron chi connectivity index (χ4n) is 2.86. The highest BCUT2D eigenvalue weighted by Gasteiger charge is 2.29. The number of carbonyl (C=O) groups is 1. The molecule has 2 aromatic carbocycles. The van der Waals surface area contributed by atoms with E-state index in [0.29, 0.717) is 17.1 Å². The zero-order chi connectivity index (χ0) is 17.3. The van der Waals surface area contributed by atoms with Gasteiger partial charge in [-0.1, -0.05) is 30.3 Å². The molecule has 0 saturated heterocycles. The number of hydrogen-bond acceptors (Lipinski definition) is 3. The van der Waals surface area contributed by atoms with Gasteiger partial charge in [-0.15, -0.1) is 0 Å². The fraction of sp³-hybridized carbons (Fsp3) is 0.250. The summed E-state index contributed by atoms with van der Waals surface area (Å²) < 4.78 is 11.4. The summed E-state index contributed by atoms with van der Waals surface area (Å²) in [6.07, 6.45) is 1.89. The Kier molecular flexibility index (Phi) is 4.30. The molecule has 0 N–H and O–H groups in total. The molecule has 1 heterocycles. The lowest BCUT2D eigenvalue weighted by Crippen LogP contribution is -2.20. The van der Waals surface area contributed by atoms with Crippen molar-refractivity contribution >= 4 is 23.2 Å². The lowest BCUT2D eigenvalue weighted by atomic mass is 10.0. The molecular weight excluding hydrogens is 302 g/mol. The molecule has 2 aromatic rings. The summed E-state index contributed by atoms with van der Waals surface area (Å²) in [5.74, 6) is 1.29. The standard InChI is InChI=1S/C20H21NO3/c1-13(2)24-19-14(8-7-11-18(19)23-4)12-16-15-9-5-6-10-17(15)21(3)20(16)22/h5-13H,1-4H3/b16-12+. The van der Waals surface area contributed by atoms with Crippen molar-refractivity contribution in [2.45, 2.75) is 20.0 Å². The lowest BCUT2D eigenvalue weighted by Gasteiger charge is -2.16. The van der Waals surface area contributed by atoms with E-state index in [0.717, 1.165) is 16.8 Å². The minimum atomic E-state index is -0.0190. The number of ether oxygens (including phenoxy) is 2. The van der Waals surface area contributed by atoms with Crippen LogP contribution in [0.15, 0.2) is 42.5 Å². The Morgan fingerprint density at radius 1 is 1.08 bits per heavy atom. The van der Waals surface area contributed by atoms with E-state index in [9.17, 15) is 4.79 Å². The van der Waals surface area contributed by atoms with Gasteiger partial charge in [0.2, 0.25) is 0 Å². The Morgan fingerprint density at radius 3 is 2.54 bits per heavy atom. The molecule has 0 unspecified atom stereocenters. The smallest absolute Gasteiger partial charge is 0.258 e. The van der Waals surface area contributed by atoms with Crippen LogP contribution in [-0.4, -0.2) is 26.2 Å². The van der Waals surface area contributed by atoms with Gasteiger partial charge in [-0.05, 0) is 32.1 Å². The van der Waals surface area contributed by atoms with Crippen LogP contribution in [-0.2, 0) is 4.79 Å². The molecule has 0 bridgehead atoms. The first kappa shape index (κ1) is 16.1. The number of carbonyl (C=O) groups excluding carboxylic acids is 1. The molecular formula is C20H21NO3. The zero-order valence-corrected chi connectivity index (χ0v) is 14.4. The number of amides is 1. The maximum absolute atomic E-state index is 12.6. The van der Waals surface area contributed by atoms with Crippen LogP contribution in [0, 0.1) is 0 Å². The third-order valence-electron chi connectivity index (χ3n) is 3.97. The third-order valence-corrected chi connectivity index (χ3v) is 3.97. The Bertz CT molecular complexity index is 808. The van der Waals surface area contributed by atoms with Crippen molar-refractivity contribution in [1.29, 1.82) is 0 Å². The SMILES string of the molecule is COc1cccc(/C=C2/C(=O)N(C)c3ccccc32)c1OC(C)C. The topological polar surface area (TPSA) is 38.8 Å². The quantitative estimate of drug-likeness (QED) is 0.798. The van der Waals surface area contributed by atoms with E-state index in [1.165, 1.54) is 0 Å². The van der Waals surface area contributed by atoms with Crippen LogP contribution in [0.1, 0.15) is 25.0 Å². The molecule has 0 fully saturated rings. The van der Waals surface area contributed by atoms with Crippen LogP contribution >= 0.6 is 0 Å². The van der Waals surface area contributed by atoms with E-state index < -0.39 is 0 Å². The van der Waals surface area contributed by atoms with E-state index in [2.05, 4.69) is 0 Å². The normalized spacial score (nSPS) is 15.1. The molecule has 1 aliphatic rings. The van der Waals surface area contributed by atoms with Gasteiger partial charge in [-0.25, -0.2) is 0 Å². The molecule has 0 spiro atoms. The van der Waals surface area contributed by atoms with Crippen molar-refractivity contribution in [2.75, 3.05) is 19.1 Å². The molecule has 1 amide bonds. The first-order valence-electron chi connectivity index (χ1n) is 7.95. The number of methoxy groups -OCH3 is 1. The molecule has 0 atom stereocenters. The predicted molar refractivity (Wildman–Crippen MR) is 96.5 cm³/mol. The van der Waals surface area contributed by atoms with Crippen molar-refractivity contribution in [1.82, 2.24) is 0 Å². The van der Waals surface area contributed by atoms with Crippen molar-refractivity contribution in [3.8, 4) is 11.5 Å². The molecule has 124 valence electrons. The monoisotopic (exact) mass is 323 g/mol. The molecule has 4 heteroatoms. The number of para-hydroxylation sites is 2. The van der Waals surface area contributed by atoms with Crippen molar-refractivity contribution in [2.24, 2.45) is 0 Å². The molecule has 1 aliphatic heterocycles. The average molecular weight is 323 g/mol. The van der Waals surface area contributed by atoms with Crippen LogP contribution in [0.25, 0.3) is 11.6 Å². The van der Waals surface area contributed by atoms with Crippen LogP contribution in [0.2, 0.25) is 0 Å². The Labute approximate surface area is 142 Å². The number of rotatable bonds is 4. The van der Waals surface area contributed by atoms with Gasteiger partial charge in [0.15, 0.2) is 11.5 Å². The maximum Gasteiger partial charge on any atom is 0.258 e. The predicted octanol–water partition coefficient (Wildman–Crippen LogP) is 4.00. The largest absolute Gasteiger partial charge is 0.493 e. The van der Waals surface area contributed by atoms with E-state index >= 15 is 0 Å². The van der Waals surface area contributed by atoms with Gasteiger partial charge < -0.3 is 14.4 Å². The summed E-state index contributed by atoms with van der Waals surface area (Å²) in [7, 11) is 3.41. The highest BCUT2D eigenvalue weighted by molar-refractivity contribution is 6.35. The number of hydrogen-bond donors (Lipinski definition) is 0. The summed E-state index contributed by atoms with van der Waals surface area (Å²) in [5, 5.41) is 0. The summed E-state index contributed by atoms with van der Waals surface area (Å²) in [6.45, 7) is 3.93. The van der Waals surface area contributed by atoms with E-state index in [1.807, 2.05) is 62.4 Å². The molecule has 3 rings (SSSR count). The van der Waals surface area contributed by atoms with Gasteiger partial charge in [0.25, 0.3) is 5.91 Å². The first-order chi connectivity index (χ1) is 11.5. The molecule has 0 radical (unpaired) electrons. The molecule has 0 aliphatic carbocycles. The first-order valence-corrected chi connectivity index (χ1v) is 7.95. The van der Waals surface area contributed by atoms with Crippen LogP contribution in [0.4, 0.5) is 5.69 Å². The second kappa shape index (κ2) is 6.40. The number of benzene rings is 2. The molecule has 0 saturated carbocycles. The average Bonchev–Trinajstić information content (AvgIpc) is 2.81. The van der Waals surface area contributed by atoms with E-state index in [-0.39, 0.29) is 12.0 Å². The summed E-state index contributed by atoms with van der Waals surface area (Å²) >= 11 is 0. The highest BCUT2D eigenvalue weighted by Crippen LogP contribution is 2.39. The Morgan fingerprint density at radius 2 is 1.83 bits per heavy atom. The molecule has 0 aromatic heterocycles. The summed E-state index contributed by atoms with van der Waals surface area (Å²) in [6, 6.07) is 13.5. The van der Waals surface area contributed by atoms with Crippen LogP contribution < -0.4 is 14.4 Å². The lowest BCUT2D eigenvalue weighted by molar-refractivity contribution is -0.112. The Balaban J connectivity index is 2.14. The molecule has 4 nitrogen and oxygen atoms in total. The van der Waals surface area contributed by atoms with E-state index in [1.54, 1.807) is 19.1 Å². The second-order valence-electron chi connectivity index (χ2n) is 5.98. The van der Waals surface area contributed by atoms with Gasteiger partial charge in [0, 0.05) is 23.7 Å². The maximum atomic E-state index is 12.6. The Hall–Kier alpha value is -2.75. The highest BCUT2D eigenvalue weighted by atomic mass is 16.5. The van der Waals surface area contributed by atoms with Gasteiger partial charge >= 0.3 is 0 Å². The second-order valence-corrected chi connectivity index (χ2v) is 5.98. The van der Waals surface area contributed by atoms with Crippen molar-refractivity contribution in [3.05, 3.63) is 53.6 Å². The summed E-state index contributed by atoms with van der Waals surface area (Å²) in [4.78, 5) is 14.3. The third kappa shape index (κ3) is 2.75. The van der Waals surface area contributed by atoms with Crippen LogP contribution in [0.3, 0.4) is 0 Å². The molecule has 24 heavy (non-hydrogen) atoms. The minimum absolute atomic E-state index is 0.00712. The summed E-state index contributed by atoms with van der Waals surface area (Å²) in [5.41, 5.74) is 3.35. The number of fused-ring (bicyclic) bond motifs is 1. The fourth-order valence-corrected chi connectivity index (χ4v) is 2.86.